The van der Waals surface area contributed by atoms with Crippen LogP contribution in [0.25, 0.3) is 0 Å². The van der Waals surface area contributed by atoms with E-state index < -0.39 is 5.97 Å². The van der Waals surface area contributed by atoms with Gasteiger partial charge in [0.05, 0.1) is 18.3 Å². The van der Waals surface area contributed by atoms with E-state index >= 15 is 0 Å². The summed E-state index contributed by atoms with van der Waals surface area (Å²) in [5, 5.41) is 0. The zero-order valence-corrected chi connectivity index (χ0v) is 19.1. The molecule has 0 radical (unpaired) electrons. The fourth-order valence-electron chi connectivity index (χ4n) is 2.93. The van der Waals surface area contributed by atoms with E-state index in [2.05, 4.69) is 55.4 Å². The van der Waals surface area contributed by atoms with E-state index in [0.29, 0.717) is 0 Å². The maximum absolute atomic E-state index is 6.45. The molecular formula is C23H48O3. The molecule has 0 aromatic rings. The Morgan fingerprint density at radius 2 is 0.962 bits per heavy atom. The van der Waals surface area contributed by atoms with Gasteiger partial charge in [0.25, 0.3) is 5.97 Å². The Balaban J connectivity index is 5.07. The van der Waals surface area contributed by atoms with E-state index in [1.54, 1.807) is 0 Å². The predicted molar refractivity (Wildman–Crippen MR) is 112 cm³/mol. The van der Waals surface area contributed by atoms with Gasteiger partial charge in [-0.05, 0) is 46.5 Å². The van der Waals surface area contributed by atoms with Crippen molar-refractivity contribution in [3.05, 3.63) is 0 Å². The molecule has 3 heteroatoms. The molecule has 0 amide bonds. The van der Waals surface area contributed by atoms with Crippen molar-refractivity contribution in [2.75, 3.05) is 0 Å². The third-order valence-corrected chi connectivity index (χ3v) is 5.42. The normalized spacial score (nSPS) is 18.9. The molecule has 0 aromatic heterocycles. The van der Waals surface area contributed by atoms with Crippen LogP contribution in [0, 0.1) is 5.92 Å². The fraction of sp³-hybridized carbons (Fsp3) is 1.00. The van der Waals surface area contributed by atoms with Gasteiger partial charge < -0.3 is 14.2 Å². The Labute approximate surface area is 164 Å². The summed E-state index contributed by atoms with van der Waals surface area (Å²) in [6, 6.07) is 0. The quantitative estimate of drug-likeness (QED) is 0.196. The summed E-state index contributed by atoms with van der Waals surface area (Å²) in [6.45, 7) is 17.3. The van der Waals surface area contributed by atoms with Gasteiger partial charge in [-0.2, -0.15) is 0 Å². The van der Waals surface area contributed by atoms with Crippen LogP contribution in [-0.4, -0.2) is 24.3 Å². The minimum atomic E-state index is -0.927. The fourth-order valence-corrected chi connectivity index (χ4v) is 2.93. The van der Waals surface area contributed by atoms with Crippen LogP contribution in [0.2, 0.25) is 0 Å². The molecule has 0 N–H and O–H groups in total. The second kappa shape index (κ2) is 14.9. The van der Waals surface area contributed by atoms with Crippen molar-refractivity contribution in [3.8, 4) is 0 Å². The molecule has 158 valence electrons. The SMILES string of the molecule is CCCCCCCCC(C)C(OC(C)CC)(OC(C)CC)OC(C)CC. The average Bonchev–Trinajstić information content (AvgIpc) is 2.63. The maximum atomic E-state index is 6.45. The van der Waals surface area contributed by atoms with E-state index in [9.17, 15) is 0 Å². The van der Waals surface area contributed by atoms with Crippen LogP contribution in [-0.2, 0) is 14.2 Å². The number of hydrogen-bond acceptors (Lipinski definition) is 3. The first-order valence-corrected chi connectivity index (χ1v) is 11.4. The van der Waals surface area contributed by atoms with E-state index in [1.807, 2.05) is 0 Å². The molecular weight excluding hydrogens is 324 g/mol. The largest absolute Gasteiger partial charge is 0.324 e. The minimum absolute atomic E-state index is 0.120. The highest BCUT2D eigenvalue weighted by Gasteiger charge is 2.43. The summed E-state index contributed by atoms with van der Waals surface area (Å²) in [6.07, 6.45) is 12.1. The number of ether oxygens (including phenoxy) is 3. The molecule has 0 saturated carbocycles. The zero-order valence-electron chi connectivity index (χ0n) is 19.1. The average molecular weight is 373 g/mol. The van der Waals surface area contributed by atoms with Crippen molar-refractivity contribution in [2.24, 2.45) is 5.92 Å². The Bertz CT molecular complexity index is 287. The van der Waals surface area contributed by atoms with Crippen LogP contribution in [0.5, 0.6) is 0 Å². The lowest BCUT2D eigenvalue weighted by molar-refractivity contribution is -0.434. The lowest BCUT2D eigenvalue weighted by atomic mass is 9.98. The third kappa shape index (κ3) is 10.3. The van der Waals surface area contributed by atoms with Crippen LogP contribution in [0.4, 0.5) is 0 Å². The van der Waals surface area contributed by atoms with E-state index in [1.165, 1.54) is 38.5 Å². The predicted octanol–water partition coefficient (Wildman–Crippen LogP) is 7.47. The summed E-state index contributed by atoms with van der Waals surface area (Å²) in [5.41, 5.74) is 0. The first-order valence-electron chi connectivity index (χ1n) is 11.4. The van der Waals surface area contributed by atoms with E-state index in [4.69, 9.17) is 14.2 Å². The smallest absolute Gasteiger partial charge is 0.286 e. The van der Waals surface area contributed by atoms with Gasteiger partial charge >= 0.3 is 0 Å². The van der Waals surface area contributed by atoms with E-state index in [-0.39, 0.29) is 24.2 Å². The van der Waals surface area contributed by atoms with Gasteiger partial charge in [-0.15, -0.1) is 0 Å². The Hall–Kier alpha value is -0.120. The standard InChI is InChI=1S/C23H48O3/c1-9-13-14-15-16-17-18-19(5)23(24-20(6)10-2,25-21(7)11-3)26-22(8)12-4/h19-22H,9-18H2,1-8H3. The molecule has 4 atom stereocenters. The number of rotatable bonds is 17. The first-order chi connectivity index (χ1) is 12.3. The van der Waals surface area contributed by atoms with Crippen LogP contribution in [0.15, 0.2) is 0 Å². The second-order valence-electron chi connectivity index (χ2n) is 8.07. The molecule has 0 aliphatic rings. The van der Waals surface area contributed by atoms with Gasteiger partial charge in [0, 0.05) is 5.92 Å². The van der Waals surface area contributed by atoms with Crippen molar-refractivity contribution >= 4 is 0 Å². The molecule has 26 heavy (non-hydrogen) atoms. The monoisotopic (exact) mass is 372 g/mol. The molecule has 0 spiro atoms. The summed E-state index contributed by atoms with van der Waals surface area (Å²) in [4.78, 5) is 0. The van der Waals surface area contributed by atoms with Gasteiger partial charge in [-0.25, -0.2) is 0 Å². The van der Waals surface area contributed by atoms with Gasteiger partial charge in [0.1, 0.15) is 0 Å². The highest BCUT2D eigenvalue weighted by atomic mass is 16.9. The third-order valence-electron chi connectivity index (χ3n) is 5.42. The van der Waals surface area contributed by atoms with Crippen molar-refractivity contribution < 1.29 is 14.2 Å². The summed E-state index contributed by atoms with van der Waals surface area (Å²) in [5.74, 6) is -0.713. The topological polar surface area (TPSA) is 27.7 Å². The van der Waals surface area contributed by atoms with Crippen LogP contribution >= 0.6 is 0 Å². The van der Waals surface area contributed by atoms with Gasteiger partial charge in [-0.1, -0.05) is 73.1 Å². The summed E-state index contributed by atoms with van der Waals surface area (Å²) < 4.78 is 19.3. The van der Waals surface area contributed by atoms with E-state index in [0.717, 1.165) is 25.7 Å². The second-order valence-corrected chi connectivity index (χ2v) is 8.07. The number of hydrogen-bond donors (Lipinski definition) is 0. The molecule has 3 nitrogen and oxygen atoms in total. The Morgan fingerprint density at radius 1 is 0.577 bits per heavy atom. The first kappa shape index (κ1) is 25.9. The molecule has 4 unspecified atom stereocenters. The van der Waals surface area contributed by atoms with Crippen LogP contribution in [0.3, 0.4) is 0 Å². The molecule has 0 bridgehead atoms. The van der Waals surface area contributed by atoms with Gasteiger partial charge in [-0.3, -0.25) is 0 Å². The highest BCUT2D eigenvalue weighted by Crippen LogP contribution is 2.35. The van der Waals surface area contributed by atoms with Crippen molar-refractivity contribution in [3.63, 3.8) is 0 Å². The highest BCUT2D eigenvalue weighted by molar-refractivity contribution is 4.73. The van der Waals surface area contributed by atoms with Crippen molar-refractivity contribution in [1.82, 2.24) is 0 Å². The van der Waals surface area contributed by atoms with Gasteiger partial charge in [0.2, 0.25) is 0 Å². The van der Waals surface area contributed by atoms with Crippen molar-refractivity contribution in [2.45, 2.75) is 144 Å². The lowest BCUT2D eigenvalue weighted by Crippen LogP contribution is -2.50. The van der Waals surface area contributed by atoms with Crippen LogP contribution < -0.4 is 0 Å². The summed E-state index contributed by atoms with van der Waals surface area (Å²) >= 11 is 0. The Kier molecular flexibility index (Phi) is 14.8. The maximum Gasteiger partial charge on any atom is 0.286 e. The molecule has 0 fully saturated rings. The molecule has 0 saturated heterocycles. The summed E-state index contributed by atoms with van der Waals surface area (Å²) in [7, 11) is 0. The molecule has 0 rings (SSSR count). The van der Waals surface area contributed by atoms with Crippen molar-refractivity contribution in [1.29, 1.82) is 0 Å². The molecule has 0 heterocycles. The minimum Gasteiger partial charge on any atom is -0.324 e. The zero-order chi connectivity index (χ0) is 20.0. The number of unbranched alkanes of at least 4 members (excludes halogenated alkanes) is 5. The molecule has 0 aliphatic heterocycles. The lowest BCUT2D eigenvalue weighted by Gasteiger charge is -2.43. The Morgan fingerprint density at radius 3 is 1.35 bits per heavy atom. The van der Waals surface area contributed by atoms with Crippen LogP contribution in [0.1, 0.15) is 120 Å². The molecule has 0 aliphatic carbocycles. The molecule has 0 aromatic carbocycles. The van der Waals surface area contributed by atoms with Gasteiger partial charge in [0.15, 0.2) is 0 Å².